The number of rotatable bonds is 3. The van der Waals surface area contributed by atoms with E-state index in [1.807, 2.05) is 0 Å². The van der Waals surface area contributed by atoms with Crippen molar-refractivity contribution in [3.63, 3.8) is 0 Å². The molecule has 0 spiro atoms. The summed E-state index contributed by atoms with van der Waals surface area (Å²) < 4.78 is 1.46. The van der Waals surface area contributed by atoms with Gasteiger partial charge in [0.2, 0.25) is 5.91 Å². The summed E-state index contributed by atoms with van der Waals surface area (Å²) in [6.07, 6.45) is 1.54. The first-order valence-corrected chi connectivity index (χ1v) is 6.42. The summed E-state index contributed by atoms with van der Waals surface area (Å²) >= 11 is 6.03. The minimum absolute atomic E-state index is 0.138. The molecule has 7 nitrogen and oxygen atoms in total. The normalized spacial score (nSPS) is 10.2. The molecule has 21 heavy (non-hydrogen) atoms. The molecule has 0 aliphatic carbocycles. The van der Waals surface area contributed by atoms with Gasteiger partial charge in [0.15, 0.2) is 5.69 Å². The number of benzene rings is 1. The lowest BCUT2D eigenvalue weighted by atomic mass is 10.2. The molecule has 0 saturated carbocycles. The van der Waals surface area contributed by atoms with Crippen molar-refractivity contribution in [3.8, 4) is 0 Å². The van der Waals surface area contributed by atoms with Crippen molar-refractivity contribution in [1.29, 1.82) is 0 Å². The van der Waals surface area contributed by atoms with Crippen LogP contribution in [0, 0.1) is 0 Å². The van der Waals surface area contributed by atoms with Crippen LogP contribution < -0.4 is 16.4 Å². The minimum Gasteiger partial charge on any atom is -0.396 e. The molecular formula is C13H14ClN5O2. The van der Waals surface area contributed by atoms with Gasteiger partial charge in [0.05, 0.1) is 16.4 Å². The molecule has 0 radical (unpaired) electrons. The zero-order chi connectivity index (χ0) is 15.6. The molecule has 8 heteroatoms. The van der Waals surface area contributed by atoms with Crippen LogP contribution in [0.15, 0.2) is 24.4 Å². The Morgan fingerprint density at radius 3 is 2.57 bits per heavy atom. The number of halogens is 1. The van der Waals surface area contributed by atoms with Crippen LogP contribution in [0.3, 0.4) is 0 Å². The van der Waals surface area contributed by atoms with E-state index in [1.165, 1.54) is 17.7 Å². The quantitative estimate of drug-likeness (QED) is 0.805. The molecule has 1 heterocycles. The number of aromatic nitrogens is 2. The average molecular weight is 308 g/mol. The summed E-state index contributed by atoms with van der Waals surface area (Å²) in [5.74, 6) is -0.661. The zero-order valence-electron chi connectivity index (χ0n) is 11.5. The molecule has 2 amide bonds. The number of nitrogen functional groups attached to an aromatic ring is 1. The highest BCUT2D eigenvalue weighted by molar-refractivity contribution is 6.34. The fraction of sp³-hybridized carbons (Fsp3) is 0.154. The van der Waals surface area contributed by atoms with Gasteiger partial charge in [0.1, 0.15) is 0 Å². The van der Waals surface area contributed by atoms with Gasteiger partial charge in [-0.25, -0.2) is 0 Å². The number of nitrogens with two attached hydrogens (primary N) is 1. The van der Waals surface area contributed by atoms with E-state index >= 15 is 0 Å². The van der Waals surface area contributed by atoms with Crippen molar-refractivity contribution >= 4 is 40.5 Å². The highest BCUT2D eigenvalue weighted by Gasteiger charge is 2.14. The Balaban J connectivity index is 2.16. The van der Waals surface area contributed by atoms with Gasteiger partial charge in [-0.05, 0) is 18.2 Å². The van der Waals surface area contributed by atoms with Gasteiger partial charge in [-0.3, -0.25) is 14.3 Å². The number of aryl methyl sites for hydroxylation is 1. The molecule has 110 valence electrons. The molecule has 0 unspecified atom stereocenters. The summed E-state index contributed by atoms with van der Waals surface area (Å²) in [7, 11) is 1.67. The second-order valence-electron chi connectivity index (χ2n) is 4.44. The molecule has 0 aliphatic rings. The average Bonchev–Trinajstić information content (AvgIpc) is 2.71. The van der Waals surface area contributed by atoms with Gasteiger partial charge in [-0.1, -0.05) is 11.6 Å². The Hall–Kier alpha value is -2.54. The molecule has 1 aromatic heterocycles. The Labute approximate surface area is 126 Å². The van der Waals surface area contributed by atoms with E-state index in [9.17, 15) is 9.59 Å². The third-order valence-corrected chi connectivity index (χ3v) is 2.92. The summed E-state index contributed by atoms with van der Waals surface area (Å²) in [6.45, 7) is 1.38. The van der Waals surface area contributed by atoms with E-state index in [4.69, 9.17) is 17.3 Å². The van der Waals surface area contributed by atoms with E-state index in [-0.39, 0.29) is 17.3 Å². The number of amides is 2. The maximum Gasteiger partial charge on any atom is 0.278 e. The third-order valence-electron chi connectivity index (χ3n) is 2.61. The SMILES string of the molecule is CC(=O)Nc1ccc(NC(=O)c2nn(C)cc2N)cc1Cl. The van der Waals surface area contributed by atoms with Crippen LogP contribution in [-0.2, 0) is 11.8 Å². The third kappa shape index (κ3) is 3.51. The number of nitrogens with one attached hydrogen (secondary N) is 2. The first-order valence-electron chi connectivity index (χ1n) is 6.04. The van der Waals surface area contributed by atoms with Crippen molar-refractivity contribution in [2.75, 3.05) is 16.4 Å². The molecule has 0 bridgehead atoms. The Morgan fingerprint density at radius 2 is 2.05 bits per heavy atom. The van der Waals surface area contributed by atoms with Crippen LogP contribution in [0.1, 0.15) is 17.4 Å². The van der Waals surface area contributed by atoms with Crippen molar-refractivity contribution in [3.05, 3.63) is 35.1 Å². The van der Waals surface area contributed by atoms with Crippen molar-refractivity contribution < 1.29 is 9.59 Å². The molecule has 4 N–H and O–H groups in total. The Kier molecular flexibility index (Phi) is 4.13. The first kappa shape index (κ1) is 14.9. The number of carbonyl (C=O) groups is 2. The number of hydrogen-bond donors (Lipinski definition) is 3. The molecular weight excluding hydrogens is 294 g/mol. The summed E-state index contributed by atoms with van der Waals surface area (Å²) in [5, 5.41) is 9.51. The van der Waals surface area contributed by atoms with Crippen LogP contribution in [-0.4, -0.2) is 21.6 Å². The van der Waals surface area contributed by atoms with Crippen LogP contribution in [0.5, 0.6) is 0 Å². The first-order chi connectivity index (χ1) is 9.86. The molecule has 2 rings (SSSR count). The van der Waals surface area contributed by atoms with Crippen molar-refractivity contribution in [1.82, 2.24) is 9.78 Å². The molecule has 1 aromatic carbocycles. The van der Waals surface area contributed by atoms with Gasteiger partial charge in [0.25, 0.3) is 5.91 Å². The predicted octanol–water partition coefficient (Wildman–Crippen LogP) is 1.87. The van der Waals surface area contributed by atoms with E-state index in [2.05, 4.69) is 15.7 Å². The summed E-state index contributed by atoms with van der Waals surface area (Å²) in [6, 6.07) is 4.75. The fourth-order valence-electron chi connectivity index (χ4n) is 1.76. The molecule has 0 aliphatic heterocycles. The van der Waals surface area contributed by atoms with Crippen molar-refractivity contribution in [2.45, 2.75) is 6.92 Å². The van der Waals surface area contributed by atoms with Crippen LogP contribution >= 0.6 is 11.6 Å². The van der Waals surface area contributed by atoms with E-state index < -0.39 is 5.91 Å². The topological polar surface area (TPSA) is 102 Å². The lowest BCUT2D eigenvalue weighted by Gasteiger charge is -2.08. The highest BCUT2D eigenvalue weighted by Crippen LogP contribution is 2.26. The number of hydrogen-bond acceptors (Lipinski definition) is 4. The minimum atomic E-state index is -0.434. The van der Waals surface area contributed by atoms with E-state index in [0.717, 1.165) is 0 Å². The molecule has 0 fully saturated rings. The number of carbonyl (C=O) groups excluding carboxylic acids is 2. The second-order valence-corrected chi connectivity index (χ2v) is 4.84. The molecule has 0 atom stereocenters. The lowest BCUT2D eigenvalue weighted by Crippen LogP contribution is -2.15. The second kappa shape index (κ2) is 5.84. The fourth-order valence-corrected chi connectivity index (χ4v) is 1.99. The van der Waals surface area contributed by atoms with E-state index in [0.29, 0.717) is 16.4 Å². The van der Waals surface area contributed by atoms with Gasteiger partial charge >= 0.3 is 0 Å². The Morgan fingerprint density at radius 1 is 1.33 bits per heavy atom. The van der Waals surface area contributed by atoms with Gasteiger partial charge < -0.3 is 16.4 Å². The van der Waals surface area contributed by atoms with Gasteiger partial charge in [-0.15, -0.1) is 0 Å². The zero-order valence-corrected chi connectivity index (χ0v) is 12.2. The highest BCUT2D eigenvalue weighted by atomic mass is 35.5. The maximum atomic E-state index is 12.0. The number of anilines is 3. The monoisotopic (exact) mass is 307 g/mol. The van der Waals surface area contributed by atoms with Gasteiger partial charge in [0, 0.05) is 25.9 Å². The molecule has 0 saturated heterocycles. The summed E-state index contributed by atoms with van der Waals surface area (Å²) in [4.78, 5) is 23.0. The maximum absolute atomic E-state index is 12.0. The standard InChI is InChI=1S/C13H14ClN5O2/c1-7(20)16-11-4-3-8(5-9(11)14)17-13(21)12-10(15)6-19(2)18-12/h3-6H,15H2,1-2H3,(H,16,20)(H,17,21). The largest absolute Gasteiger partial charge is 0.396 e. The van der Waals surface area contributed by atoms with E-state index in [1.54, 1.807) is 25.4 Å². The summed E-state index contributed by atoms with van der Waals surface area (Å²) in [5.41, 5.74) is 7.06. The van der Waals surface area contributed by atoms with Crippen LogP contribution in [0.2, 0.25) is 5.02 Å². The predicted molar refractivity (Wildman–Crippen MR) is 81.3 cm³/mol. The van der Waals surface area contributed by atoms with Crippen molar-refractivity contribution in [2.24, 2.45) is 7.05 Å². The smallest absolute Gasteiger partial charge is 0.278 e. The van der Waals surface area contributed by atoms with Gasteiger partial charge in [-0.2, -0.15) is 5.10 Å². The number of nitrogens with zero attached hydrogens (tertiary/aromatic N) is 2. The molecule has 2 aromatic rings. The Bertz CT molecular complexity index is 711. The van der Waals surface area contributed by atoms with Crippen LogP contribution in [0.25, 0.3) is 0 Å². The van der Waals surface area contributed by atoms with Crippen LogP contribution in [0.4, 0.5) is 17.1 Å². The lowest BCUT2D eigenvalue weighted by molar-refractivity contribution is -0.114.